The molecular weight excluding hydrogens is 398 g/mol. The summed E-state index contributed by atoms with van der Waals surface area (Å²) in [6.45, 7) is 11.5. The van der Waals surface area contributed by atoms with Crippen LogP contribution in [0.25, 0.3) is 11.0 Å². The van der Waals surface area contributed by atoms with Crippen LogP contribution in [-0.2, 0) is 11.3 Å². The lowest BCUT2D eigenvalue weighted by Crippen LogP contribution is -2.26. The summed E-state index contributed by atoms with van der Waals surface area (Å²) >= 11 is 0. The summed E-state index contributed by atoms with van der Waals surface area (Å²) < 4.78 is 8.55. The van der Waals surface area contributed by atoms with Gasteiger partial charge in [0.1, 0.15) is 18.2 Å². The third-order valence-electron chi connectivity index (χ3n) is 6.41. The molecule has 1 aliphatic heterocycles. The normalized spacial score (nSPS) is 16.5. The zero-order valence-corrected chi connectivity index (χ0v) is 19.8. The fourth-order valence-corrected chi connectivity index (χ4v) is 4.64. The van der Waals surface area contributed by atoms with Gasteiger partial charge in [0, 0.05) is 25.4 Å². The molecule has 0 saturated carbocycles. The topological polar surface area (TPSA) is 47.4 Å². The number of unbranched alkanes of at least 4 members (excludes halogenated alkanes) is 1. The first-order valence-electron chi connectivity index (χ1n) is 11.9. The second-order valence-corrected chi connectivity index (χ2v) is 9.25. The monoisotopic (exact) mass is 433 g/mol. The van der Waals surface area contributed by atoms with Gasteiger partial charge in [0.15, 0.2) is 0 Å². The van der Waals surface area contributed by atoms with Crippen LogP contribution in [0.15, 0.2) is 42.5 Å². The maximum atomic E-state index is 12.6. The van der Waals surface area contributed by atoms with E-state index in [0.29, 0.717) is 25.5 Å². The van der Waals surface area contributed by atoms with Crippen LogP contribution >= 0.6 is 0 Å². The van der Waals surface area contributed by atoms with Crippen molar-refractivity contribution in [3.05, 3.63) is 59.4 Å². The molecule has 1 aromatic heterocycles. The smallest absolute Gasteiger partial charge is 0.223 e. The van der Waals surface area contributed by atoms with Crippen molar-refractivity contribution in [2.24, 2.45) is 0 Å². The van der Waals surface area contributed by atoms with Crippen LogP contribution in [0.2, 0.25) is 0 Å². The fourth-order valence-electron chi connectivity index (χ4n) is 4.64. The first kappa shape index (κ1) is 22.4. The molecule has 1 atom stereocenters. The van der Waals surface area contributed by atoms with E-state index in [4.69, 9.17) is 9.72 Å². The molecular formula is C27H35N3O2. The van der Waals surface area contributed by atoms with Crippen LogP contribution in [0, 0.1) is 6.92 Å². The molecule has 1 aliphatic rings. The molecule has 5 heteroatoms. The first-order valence-corrected chi connectivity index (χ1v) is 11.9. The molecule has 1 amide bonds. The standard InChI is InChI=1S/C27H35N3O2/c1-5-6-13-29-18-21(17-26(29)31)27-28-23-9-7-8-10-24(23)30(27)14-15-32-25-16-20(4)11-12-22(25)19(2)3/h7-12,16,19,21H,5-6,13-15,17-18H2,1-4H3. The molecule has 0 radical (unpaired) electrons. The van der Waals surface area contributed by atoms with Crippen molar-refractivity contribution < 1.29 is 9.53 Å². The molecule has 4 rings (SSSR count). The highest BCUT2D eigenvalue weighted by Gasteiger charge is 2.33. The number of imidazole rings is 1. The number of carbonyl (C=O) groups is 1. The van der Waals surface area contributed by atoms with Crippen molar-refractivity contribution in [2.75, 3.05) is 19.7 Å². The fraction of sp³-hybridized carbons (Fsp3) is 0.481. The zero-order chi connectivity index (χ0) is 22.7. The van der Waals surface area contributed by atoms with Gasteiger partial charge in [-0.15, -0.1) is 0 Å². The summed E-state index contributed by atoms with van der Waals surface area (Å²) in [5, 5.41) is 0. The predicted octanol–water partition coefficient (Wildman–Crippen LogP) is 5.66. The van der Waals surface area contributed by atoms with Crippen molar-refractivity contribution in [3.8, 4) is 5.75 Å². The molecule has 0 aliphatic carbocycles. The Morgan fingerprint density at radius 2 is 1.97 bits per heavy atom. The lowest BCUT2D eigenvalue weighted by Gasteiger charge is -2.18. The number of hydrogen-bond acceptors (Lipinski definition) is 3. The number of aryl methyl sites for hydroxylation is 1. The molecule has 2 aromatic carbocycles. The third-order valence-corrected chi connectivity index (χ3v) is 6.41. The number of hydrogen-bond donors (Lipinski definition) is 0. The van der Waals surface area contributed by atoms with Gasteiger partial charge in [0.25, 0.3) is 0 Å². The molecule has 0 spiro atoms. The van der Waals surface area contributed by atoms with Crippen molar-refractivity contribution in [1.82, 2.24) is 14.5 Å². The number of carbonyl (C=O) groups excluding carboxylic acids is 1. The maximum absolute atomic E-state index is 12.6. The van der Waals surface area contributed by atoms with Crippen molar-refractivity contribution >= 4 is 16.9 Å². The molecule has 3 aromatic rings. The molecule has 0 N–H and O–H groups in total. The van der Waals surface area contributed by atoms with Gasteiger partial charge in [0.2, 0.25) is 5.91 Å². The van der Waals surface area contributed by atoms with E-state index < -0.39 is 0 Å². The van der Waals surface area contributed by atoms with E-state index in [2.05, 4.69) is 68.7 Å². The third kappa shape index (κ3) is 4.67. The van der Waals surface area contributed by atoms with Gasteiger partial charge < -0.3 is 14.2 Å². The van der Waals surface area contributed by atoms with Crippen LogP contribution < -0.4 is 4.74 Å². The van der Waals surface area contributed by atoms with E-state index in [9.17, 15) is 4.79 Å². The van der Waals surface area contributed by atoms with Crippen molar-refractivity contribution in [1.29, 1.82) is 0 Å². The Labute approximate surface area is 191 Å². The van der Waals surface area contributed by atoms with E-state index >= 15 is 0 Å². The van der Waals surface area contributed by atoms with E-state index in [1.807, 2.05) is 11.0 Å². The summed E-state index contributed by atoms with van der Waals surface area (Å²) in [6.07, 6.45) is 2.70. The van der Waals surface area contributed by atoms with E-state index in [1.54, 1.807) is 0 Å². The van der Waals surface area contributed by atoms with Gasteiger partial charge in [-0.3, -0.25) is 4.79 Å². The molecule has 1 saturated heterocycles. The van der Waals surface area contributed by atoms with Gasteiger partial charge in [-0.25, -0.2) is 4.98 Å². The van der Waals surface area contributed by atoms with Gasteiger partial charge in [0.05, 0.1) is 17.6 Å². The summed E-state index contributed by atoms with van der Waals surface area (Å²) in [4.78, 5) is 19.6. The highest BCUT2D eigenvalue weighted by Crippen LogP contribution is 2.31. The minimum Gasteiger partial charge on any atom is -0.491 e. The highest BCUT2D eigenvalue weighted by atomic mass is 16.5. The average molecular weight is 434 g/mol. The van der Waals surface area contributed by atoms with E-state index in [-0.39, 0.29) is 11.8 Å². The SMILES string of the molecule is CCCCN1CC(c2nc3ccccc3n2CCOc2cc(C)ccc2C(C)C)CC1=O. The largest absolute Gasteiger partial charge is 0.491 e. The van der Waals surface area contributed by atoms with Crippen LogP contribution in [0.4, 0.5) is 0 Å². The molecule has 2 heterocycles. The van der Waals surface area contributed by atoms with Gasteiger partial charge in [-0.05, 0) is 48.6 Å². The van der Waals surface area contributed by atoms with E-state index in [1.165, 1.54) is 11.1 Å². The second-order valence-electron chi connectivity index (χ2n) is 9.25. The molecule has 0 bridgehead atoms. The maximum Gasteiger partial charge on any atom is 0.223 e. The predicted molar refractivity (Wildman–Crippen MR) is 129 cm³/mol. The van der Waals surface area contributed by atoms with Crippen LogP contribution in [-0.4, -0.2) is 40.1 Å². The first-order chi connectivity index (χ1) is 15.5. The number of para-hydroxylation sites is 2. The quantitative estimate of drug-likeness (QED) is 0.437. The Balaban J connectivity index is 1.56. The summed E-state index contributed by atoms with van der Waals surface area (Å²) in [7, 11) is 0. The Morgan fingerprint density at radius 3 is 2.75 bits per heavy atom. The van der Waals surface area contributed by atoms with E-state index in [0.717, 1.165) is 48.5 Å². The lowest BCUT2D eigenvalue weighted by atomic mass is 10.0. The summed E-state index contributed by atoms with van der Waals surface area (Å²) in [5.41, 5.74) is 4.54. The number of fused-ring (bicyclic) bond motifs is 1. The summed E-state index contributed by atoms with van der Waals surface area (Å²) in [5.74, 6) is 2.77. The van der Waals surface area contributed by atoms with Gasteiger partial charge >= 0.3 is 0 Å². The second kappa shape index (κ2) is 9.76. The number of aromatic nitrogens is 2. The van der Waals surface area contributed by atoms with Crippen LogP contribution in [0.1, 0.15) is 68.8 Å². The Hall–Kier alpha value is -2.82. The Bertz CT molecular complexity index is 1090. The number of amides is 1. The molecule has 5 nitrogen and oxygen atoms in total. The Kier molecular flexibility index (Phi) is 6.83. The minimum absolute atomic E-state index is 0.136. The average Bonchev–Trinajstić information content (AvgIpc) is 3.32. The minimum atomic E-state index is 0.136. The highest BCUT2D eigenvalue weighted by molar-refractivity contribution is 5.80. The van der Waals surface area contributed by atoms with Gasteiger partial charge in [-0.1, -0.05) is 51.5 Å². The summed E-state index contributed by atoms with van der Waals surface area (Å²) in [6, 6.07) is 14.7. The molecule has 170 valence electrons. The number of benzene rings is 2. The van der Waals surface area contributed by atoms with Crippen molar-refractivity contribution in [2.45, 2.75) is 65.3 Å². The number of ether oxygens (including phenoxy) is 1. The number of likely N-dealkylation sites (tertiary alicyclic amines) is 1. The van der Waals surface area contributed by atoms with Crippen LogP contribution in [0.3, 0.4) is 0 Å². The van der Waals surface area contributed by atoms with Gasteiger partial charge in [-0.2, -0.15) is 0 Å². The van der Waals surface area contributed by atoms with Crippen LogP contribution in [0.5, 0.6) is 5.75 Å². The van der Waals surface area contributed by atoms with Crippen molar-refractivity contribution in [3.63, 3.8) is 0 Å². The Morgan fingerprint density at radius 1 is 1.16 bits per heavy atom. The number of nitrogens with zero attached hydrogens (tertiary/aromatic N) is 3. The molecule has 1 unspecified atom stereocenters. The lowest BCUT2D eigenvalue weighted by molar-refractivity contribution is -0.127. The number of rotatable bonds is 9. The molecule has 32 heavy (non-hydrogen) atoms. The zero-order valence-electron chi connectivity index (χ0n) is 19.8. The molecule has 1 fully saturated rings.